The van der Waals surface area contributed by atoms with Crippen LogP contribution in [0.4, 0.5) is 10.1 Å². The zero-order valence-electron chi connectivity index (χ0n) is 15.1. The van der Waals surface area contributed by atoms with Gasteiger partial charge in [0.2, 0.25) is 5.91 Å². The van der Waals surface area contributed by atoms with Crippen molar-refractivity contribution >= 4 is 21.4 Å². The summed E-state index contributed by atoms with van der Waals surface area (Å²) < 4.78 is 37.0. The lowest BCUT2D eigenvalue weighted by Gasteiger charge is -2.17. The minimum absolute atomic E-state index is 0.0430. The Morgan fingerprint density at radius 1 is 1.12 bits per heavy atom. The Morgan fingerprint density at radius 3 is 2.31 bits per heavy atom. The summed E-state index contributed by atoms with van der Waals surface area (Å²) in [6.07, 6.45) is 2.00. The summed E-state index contributed by atoms with van der Waals surface area (Å²) in [4.78, 5) is 13.9. The molecule has 0 saturated heterocycles. The molecule has 0 spiro atoms. The summed E-state index contributed by atoms with van der Waals surface area (Å²) in [5, 5.41) is 2.44. The molecule has 0 bridgehead atoms. The molecular formula is C19H23FN2O3S. The molecule has 0 aromatic heterocycles. The van der Waals surface area contributed by atoms with Gasteiger partial charge < -0.3 is 5.32 Å². The van der Waals surface area contributed by atoms with Crippen molar-refractivity contribution in [2.45, 2.75) is 24.8 Å². The fourth-order valence-electron chi connectivity index (χ4n) is 2.51. The van der Waals surface area contributed by atoms with Crippen LogP contribution in [-0.4, -0.2) is 39.1 Å². The number of likely N-dealkylation sites (N-methyl/N-ethyl adjacent to an activating group) is 1. The van der Waals surface area contributed by atoms with E-state index in [4.69, 9.17) is 0 Å². The normalized spacial score (nSPS) is 11.6. The van der Waals surface area contributed by atoms with Gasteiger partial charge in [0, 0.05) is 12.8 Å². The Labute approximate surface area is 153 Å². The summed E-state index contributed by atoms with van der Waals surface area (Å²) in [6, 6.07) is 11.5. The van der Waals surface area contributed by atoms with Gasteiger partial charge in [-0.25, -0.2) is 12.8 Å². The quantitative estimate of drug-likeness (QED) is 0.753. The molecular weight excluding hydrogens is 355 g/mol. The average molecular weight is 378 g/mol. The second-order valence-corrected chi connectivity index (χ2v) is 8.32. The third kappa shape index (κ3) is 5.64. The third-order valence-corrected chi connectivity index (χ3v) is 5.05. The SMILES string of the molecule is CCc1ccc(CN(C)CC(=O)Nc2cc(S(C)(=O)=O)ccc2F)cc1. The molecule has 0 heterocycles. The van der Waals surface area contributed by atoms with E-state index in [1.165, 1.54) is 11.6 Å². The van der Waals surface area contributed by atoms with Crippen LogP contribution in [0.2, 0.25) is 0 Å². The van der Waals surface area contributed by atoms with Crippen LogP contribution in [0.3, 0.4) is 0 Å². The van der Waals surface area contributed by atoms with E-state index in [0.29, 0.717) is 6.54 Å². The number of amides is 1. The lowest BCUT2D eigenvalue weighted by atomic mass is 10.1. The number of hydrogen-bond donors (Lipinski definition) is 1. The average Bonchev–Trinajstić information content (AvgIpc) is 2.56. The smallest absolute Gasteiger partial charge is 0.238 e. The van der Waals surface area contributed by atoms with E-state index < -0.39 is 21.6 Å². The first-order valence-electron chi connectivity index (χ1n) is 8.25. The zero-order chi connectivity index (χ0) is 19.3. The molecule has 1 amide bonds. The van der Waals surface area contributed by atoms with E-state index in [1.807, 2.05) is 12.1 Å². The number of anilines is 1. The molecule has 0 aliphatic heterocycles. The maximum atomic E-state index is 13.9. The van der Waals surface area contributed by atoms with Gasteiger partial charge in [-0.1, -0.05) is 31.2 Å². The van der Waals surface area contributed by atoms with Gasteiger partial charge in [0.05, 0.1) is 17.1 Å². The number of carbonyl (C=O) groups is 1. The Bertz CT molecular complexity index is 880. The van der Waals surface area contributed by atoms with Crippen molar-refractivity contribution < 1.29 is 17.6 Å². The van der Waals surface area contributed by atoms with E-state index in [2.05, 4.69) is 24.4 Å². The topological polar surface area (TPSA) is 66.5 Å². The first-order valence-corrected chi connectivity index (χ1v) is 10.1. The molecule has 5 nitrogen and oxygen atoms in total. The Morgan fingerprint density at radius 2 is 1.73 bits per heavy atom. The lowest BCUT2D eigenvalue weighted by molar-refractivity contribution is -0.117. The van der Waals surface area contributed by atoms with Gasteiger partial charge in [-0.15, -0.1) is 0 Å². The predicted molar refractivity (Wildman–Crippen MR) is 100 cm³/mol. The summed E-state index contributed by atoms with van der Waals surface area (Å²) in [5.41, 5.74) is 2.18. The van der Waals surface area contributed by atoms with Gasteiger partial charge in [0.1, 0.15) is 5.82 Å². The Balaban J connectivity index is 1.99. The molecule has 0 saturated carbocycles. The first kappa shape index (κ1) is 20.1. The molecule has 1 N–H and O–H groups in total. The number of benzene rings is 2. The monoisotopic (exact) mass is 378 g/mol. The van der Waals surface area contributed by atoms with Crippen LogP contribution in [0.25, 0.3) is 0 Å². The molecule has 0 atom stereocenters. The molecule has 7 heteroatoms. The second kappa shape index (κ2) is 8.42. The highest BCUT2D eigenvalue weighted by molar-refractivity contribution is 7.90. The number of nitrogens with one attached hydrogen (secondary N) is 1. The largest absolute Gasteiger partial charge is 0.322 e. The molecule has 2 aromatic carbocycles. The minimum atomic E-state index is -3.48. The van der Waals surface area contributed by atoms with E-state index in [0.717, 1.165) is 30.4 Å². The van der Waals surface area contributed by atoms with Crippen molar-refractivity contribution in [1.82, 2.24) is 4.90 Å². The van der Waals surface area contributed by atoms with Crippen LogP contribution in [0.15, 0.2) is 47.4 Å². The molecule has 26 heavy (non-hydrogen) atoms. The fourth-order valence-corrected chi connectivity index (χ4v) is 3.16. The van der Waals surface area contributed by atoms with Crippen molar-refractivity contribution in [2.24, 2.45) is 0 Å². The van der Waals surface area contributed by atoms with E-state index in [9.17, 15) is 17.6 Å². The number of sulfone groups is 1. The molecule has 0 radical (unpaired) electrons. The highest BCUT2D eigenvalue weighted by Crippen LogP contribution is 2.19. The van der Waals surface area contributed by atoms with Crippen molar-refractivity contribution in [2.75, 3.05) is 25.2 Å². The maximum absolute atomic E-state index is 13.9. The second-order valence-electron chi connectivity index (χ2n) is 6.30. The number of carbonyl (C=O) groups excluding carboxylic acids is 1. The summed E-state index contributed by atoms with van der Waals surface area (Å²) in [6.45, 7) is 2.71. The standard InChI is InChI=1S/C19H23FN2O3S/c1-4-14-5-7-15(8-6-14)12-22(2)13-19(23)21-18-11-16(26(3,24)25)9-10-17(18)20/h5-11H,4,12-13H2,1-3H3,(H,21,23). The van der Waals surface area contributed by atoms with Crippen LogP contribution in [-0.2, 0) is 27.6 Å². The molecule has 140 valence electrons. The predicted octanol–water partition coefficient (Wildman–Crippen LogP) is 2.86. The molecule has 0 fully saturated rings. The molecule has 0 unspecified atom stereocenters. The van der Waals surface area contributed by atoms with Crippen molar-refractivity contribution in [3.8, 4) is 0 Å². The highest BCUT2D eigenvalue weighted by atomic mass is 32.2. The molecule has 0 aliphatic rings. The van der Waals surface area contributed by atoms with Crippen LogP contribution >= 0.6 is 0 Å². The minimum Gasteiger partial charge on any atom is -0.322 e. The Kier molecular flexibility index (Phi) is 6.50. The number of rotatable bonds is 7. The Hall–Kier alpha value is -2.25. The first-order chi connectivity index (χ1) is 12.2. The van der Waals surface area contributed by atoms with Crippen LogP contribution in [0, 0.1) is 5.82 Å². The van der Waals surface area contributed by atoms with Crippen molar-refractivity contribution in [3.63, 3.8) is 0 Å². The fraction of sp³-hybridized carbons (Fsp3) is 0.316. The van der Waals surface area contributed by atoms with Crippen LogP contribution in [0.1, 0.15) is 18.1 Å². The van der Waals surface area contributed by atoms with Gasteiger partial charge in [-0.05, 0) is 42.8 Å². The van der Waals surface area contributed by atoms with Gasteiger partial charge in [-0.2, -0.15) is 0 Å². The van der Waals surface area contributed by atoms with Crippen LogP contribution in [0.5, 0.6) is 0 Å². The van der Waals surface area contributed by atoms with E-state index >= 15 is 0 Å². The number of nitrogens with zero attached hydrogens (tertiary/aromatic N) is 1. The van der Waals surface area contributed by atoms with E-state index in [-0.39, 0.29) is 17.1 Å². The molecule has 2 rings (SSSR count). The van der Waals surface area contributed by atoms with Gasteiger partial charge in [-0.3, -0.25) is 9.69 Å². The summed E-state index contributed by atoms with van der Waals surface area (Å²) >= 11 is 0. The third-order valence-electron chi connectivity index (χ3n) is 3.94. The molecule has 2 aromatic rings. The maximum Gasteiger partial charge on any atom is 0.238 e. The number of aryl methyl sites for hydroxylation is 1. The lowest BCUT2D eigenvalue weighted by Crippen LogP contribution is -2.30. The van der Waals surface area contributed by atoms with Crippen LogP contribution < -0.4 is 5.32 Å². The van der Waals surface area contributed by atoms with Gasteiger partial charge >= 0.3 is 0 Å². The van der Waals surface area contributed by atoms with E-state index in [1.54, 1.807) is 11.9 Å². The summed E-state index contributed by atoms with van der Waals surface area (Å²) in [5.74, 6) is -1.09. The van der Waals surface area contributed by atoms with Gasteiger partial charge in [0.25, 0.3) is 0 Å². The zero-order valence-corrected chi connectivity index (χ0v) is 15.9. The van der Waals surface area contributed by atoms with Gasteiger partial charge in [0.15, 0.2) is 9.84 Å². The van der Waals surface area contributed by atoms with Crippen molar-refractivity contribution in [3.05, 3.63) is 59.4 Å². The highest BCUT2D eigenvalue weighted by Gasteiger charge is 2.14. The van der Waals surface area contributed by atoms with Crippen molar-refractivity contribution in [1.29, 1.82) is 0 Å². The number of halogens is 1. The molecule has 0 aliphatic carbocycles. The summed E-state index contributed by atoms with van der Waals surface area (Å²) in [7, 11) is -1.69. The number of hydrogen-bond acceptors (Lipinski definition) is 4.